The standard InChI is InChI=1S/C24H28N2O3S/c1-30(28,29)25-21-10-11-26(23(27)24-14-18(15-24)16-24)22(21)13-17-6-5-9-20(12-17)19-7-3-2-4-8-19/h2-9,12,18,21-22,25H,10-11,13-16H2,1H3/t18?,21-,22-,24?/m0/s1. The Kier molecular flexibility index (Phi) is 4.75. The minimum absolute atomic E-state index is 0.144. The van der Waals surface area contributed by atoms with E-state index in [1.165, 1.54) is 6.26 Å². The van der Waals surface area contributed by atoms with Crippen LogP contribution in [-0.2, 0) is 21.2 Å². The molecule has 2 aromatic rings. The fourth-order valence-electron chi connectivity index (χ4n) is 5.57. The number of carbonyl (C=O) groups is 1. The van der Waals surface area contributed by atoms with Crippen LogP contribution in [0.15, 0.2) is 54.6 Å². The molecular weight excluding hydrogens is 396 g/mol. The van der Waals surface area contributed by atoms with Gasteiger partial charge in [-0.15, -0.1) is 0 Å². The van der Waals surface area contributed by atoms with Crippen molar-refractivity contribution in [1.29, 1.82) is 0 Å². The first-order valence-corrected chi connectivity index (χ1v) is 12.6. The third kappa shape index (κ3) is 3.56. The Morgan fingerprint density at radius 2 is 1.77 bits per heavy atom. The fourth-order valence-corrected chi connectivity index (χ4v) is 6.39. The first-order chi connectivity index (χ1) is 14.3. The van der Waals surface area contributed by atoms with Gasteiger partial charge in [0.2, 0.25) is 15.9 Å². The van der Waals surface area contributed by atoms with Crippen molar-refractivity contribution in [3.63, 3.8) is 0 Å². The number of hydrogen-bond donors (Lipinski definition) is 1. The molecule has 2 bridgehead atoms. The molecule has 0 aromatic heterocycles. The fraction of sp³-hybridized carbons (Fsp3) is 0.458. The van der Waals surface area contributed by atoms with Crippen LogP contribution in [0.2, 0.25) is 0 Å². The van der Waals surface area contributed by atoms with Gasteiger partial charge in [-0.1, -0.05) is 54.6 Å². The Bertz CT molecular complexity index is 1050. The lowest BCUT2D eigenvalue weighted by Crippen LogP contribution is -2.62. The number of nitrogens with zero attached hydrogens (tertiary/aromatic N) is 1. The van der Waals surface area contributed by atoms with Crippen LogP contribution in [0.4, 0.5) is 0 Å². The Morgan fingerprint density at radius 3 is 2.40 bits per heavy atom. The molecule has 1 N–H and O–H groups in total. The number of nitrogens with one attached hydrogen (secondary N) is 1. The number of likely N-dealkylation sites (tertiary alicyclic amines) is 1. The summed E-state index contributed by atoms with van der Waals surface area (Å²) in [4.78, 5) is 15.3. The molecule has 3 aliphatic carbocycles. The molecule has 0 unspecified atom stereocenters. The normalized spacial score (nSPS) is 29.9. The minimum Gasteiger partial charge on any atom is -0.337 e. The predicted octanol–water partition coefficient (Wildman–Crippen LogP) is 3.21. The van der Waals surface area contributed by atoms with Crippen molar-refractivity contribution in [2.75, 3.05) is 12.8 Å². The van der Waals surface area contributed by atoms with Gasteiger partial charge in [0, 0.05) is 12.6 Å². The van der Waals surface area contributed by atoms with Gasteiger partial charge in [-0.3, -0.25) is 4.79 Å². The topological polar surface area (TPSA) is 66.5 Å². The maximum absolute atomic E-state index is 13.3. The average molecular weight is 425 g/mol. The quantitative estimate of drug-likeness (QED) is 0.774. The lowest BCUT2D eigenvalue weighted by Gasteiger charge is -2.61. The number of rotatable bonds is 6. The summed E-state index contributed by atoms with van der Waals surface area (Å²) in [5.41, 5.74) is 3.27. The van der Waals surface area contributed by atoms with Crippen molar-refractivity contribution >= 4 is 15.9 Å². The van der Waals surface area contributed by atoms with Crippen molar-refractivity contribution < 1.29 is 13.2 Å². The first-order valence-electron chi connectivity index (χ1n) is 10.8. The van der Waals surface area contributed by atoms with Crippen LogP contribution in [0.1, 0.15) is 31.2 Å². The van der Waals surface area contributed by atoms with E-state index < -0.39 is 10.0 Å². The molecule has 6 rings (SSSR count). The maximum Gasteiger partial charge on any atom is 0.229 e. The molecule has 3 saturated carbocycles. The SMILES string of the molecule is CS(=O)(=O)N[C@H]1CCN(C(=O)C23CC(C2)C3)[C@H]1Cc1cccc(-c2ccccc2)c1. The monoisotopic (exact) mass is 424 g/mol. The molecule has 4 fully saturated rings. The van der Waals surface area contributed by atoms with E-state index in [0.717, 1.165) is 41.9 Å². The van der Waals surface area contributed by atoms with Crippen LogP contribution in [0.3, 0.4) is 0 Å². The molecule has 2 aromatic carbocycles. The van der Waals surface area contributed by atoms with Gasteiger partial charge in [0.1, 0.15) is 0 Å². The Morgan fingerprint density at radius 1 is 1.07 bits per heavy atom. The molecule has 30 heavy (non-hydrogen) atoms. The van der Waals surface area contributed by atoms with E-state index in [0.29, 0.717) is 19.4 Å². The second-order valence-corrected chi connectivity index (χ2v) is 11.2. The van der Waals surface area contributed by atoms with E-state index in [-0.39, 0.29) is 23.4 Å². The van der Waals surface area contributed by atoms with Crippen molar-refractivity contribution in [2.24, 2.45) is 11.3 Å². The largest absolute Gasteiger partial charge is 0.337 e. The van der Waals surface area contributed by atoms with Gasteiger partial charge >= 0.3 is 0 Å². The molecule has 1 heterocycles. The summed E-state index contributed by atoms with van der Waals surface area (Å²) in [6, 6.07) is 18.2. The Balaban J connectivity index is 1.41. The van der Waals surface area contributed by atoms with E-state index in [9.17, 15) is 13.2 Å². The van der Waals surface area contributed by atoms with Gasteiger partial charge in [0.25, 0.3) is 0 Å². The highest BCUT2D eigenvalue weighted by atomic mass is 32.2. The van der Waals surface area contributed by atoms with Crippen LogP contribution >= 0.6 is 0 Å². The number of amides is 1. The number of benzene rings is 2. The lowest BCUT2D eigenvalue weighted by molar-refractivity contribution is -0.177. The Labute approximate surface area is 178 Å². The summed E-state index contributed by atoms with van der Waals surface area (Å²) in [6.07, 6.45) is 5.57. The van der Waals surface area contributed by atoms with Crippen LogP contribution < -0.4 is 4.72 Å². The van der Waals surface area contributed by atoms with Crippen LogP contribution in [0.25, 0.3) is 11.1 Å². The molecular formula is C24H28N2O3S. The zero-order chi connectivity index (χ0) is 20.9. The smallest absolute Gasteiger partial charge is 0.229 e. The highest BCUT2D eigenvalue weighted by Gasteiger charge is 2.63. The average Bonchev–Trinajstić information content (AvgIpc) is 3.01. The summed E-state index contributed by atoms with van der Waals surface area (Å²) < 4.78 is 26.7. The van der Waals surface area contributed by atoms with Crippen molar-refractivity contribution in [3.8, 4) is 11.1 Å². The van der Waals surface area contributed by atoms with Gasteiger partial charge in [0.05, 0.1) is 17.7 Å². The lowest BCUT2D eigenvalue weighted by atomic mass is 9.44. The molecule has 6 heteroatoms. The molecule has 158 valence electrons. The van der Waals surface area contributed by atoms with Crippen LogP contribution in [-0.4, -0.2) is 44.1 Å². The first kappa shape index (κ1) is 19.8. The van der Waals surface area contributed by atoms with Crippen LogP contribution in [0, 0.1) is 11.3 Å². The van der Waals surface area contributed by atoms with E-state index in [4.69, 9.17) is 0 Å². The summed E-state index contributed by atoms with van der Waals surface area (Å²) in [5, 5.41) is 0. The predicted molar refractivity (Wildman–Crippen MR) is 117 cm³/mol. The van der Waals surface area contributed by atoms with Gasteiger partial charge < -0.3 is 4.90 Å². The van der Waals surface area contributed by atoms with Crippen LogP contribution in [0.5, 0.6) is 0 Å². The number of hydrogen-bond acceptors (Lipinski definition) is 3. The van der Waals surface area contributed by atoms with Gasteiger partial charge in [-0.05, 0) is 54.7 Å². The zero-order valence-corrected chi connectivity index (χ0v) is 18.1. The van der Waals surface area contributed by atoms with Crippen molar-refractivity contribution in [1.82, 2.24) is 9.62 Å². The second kappa shape index (κ2) is 7.20. The van der Waals surface area contributed by atoms with E-state index >= 15 is 0 Å². The molecule has 1 amide bonds. The number of carbonyl (C=O) groups excluding carboxylic acids is 1. The number of sulfonamides is 1. The molecule has 4 aliphatic rings. The second-order valence-electron chi connectivity index (χ2n) is 9.38. The third-order valence-corrected chi connectivity index (χ3v) is 7.87. The minimum atomic E-state index is -3.34. The maximum atomic E-state index is 13.3. The molecule has 1 aliphatic heterocycles. The van der Waals surface area contributed by atoms with Crippen molar-refractivity contribution in [2.45, 2.75) is 44.2 Å². The molecule has 2 atom stereocenters. The summed E-state index contributed by atoms with van der Waals surface area (Å²) >= 11 is 0. The van der Waals surface area contributed by atoms with Gasteiger partial charge in [-0.25, -0.2) is 13.1 Å². The van der Waals surface area contributed by atoms with E-state index in [2.05, 4.69) is 35.1 Å². The summed E-state index contributed by atoms with van der Waals surface area (Å²) in [5.74, 6) is 0.981. The third-order valence-electron chi connectivity index (χ3n) is 7.14. The summed E-state index contributed by atoms with van der Waals surface area (Å²) in [6.45, 7) is 0.626. The molecule has 1 saturated heterocycles. The highest BCUT2D eigenvalue weighted by Crippen LogP contribution is 2.65. The Hall–Kier alpha value is -2.18. The van der Waals surface area contributed by atoms with Gasteiger partial charge in [0.15, 0.2) is 0 Å². The molecule has 0 spiro atoms. The summed E-state index contributed by atoms with van der Waals surface area (Å²) in [7, 11) is -3.34. The molecule has 0 radical (unpaired) electrons. The van der Waals surface area contributed by atoms with Gasteiger partial charge in [-0.2, -0.15) is 0 Å². The van der Waals surface area contributed by atoms with E-state index in [1.54, 1.807) is 0 Å². The molecule has 5 nitrogen and oxygen atoms in total. The highest BCUT2D eigenvalue weighted by molar-refractivity contribution is 7.88. The van der Waals surface area contributed by atoms with Crippen molar-refractivity contribution in [3.05, 3.63) is 60.2 Å². The zero-order valence-electron chi connectivity index (χ0n) is 17.3. The van der Waals surface area contributed by atoms with E-state index in [1.807, 2.05) is 29.2 Å².